The molecule has 2 atom stereocenters. The third kappa shape index (κ3) is 3.35. The molecule has 2 N–H and O–H groups in total. The van der Waals surface area contributed by atoms with Crippen molar-refractivity contribution in [1.29, 1.82) is 0 Å². The summed E-state index contributed by atoms with van der Waals surface area (Å²) in [6, 6.07) is 1.58. The average molecular weight is 390 g/mol. The molecule has 28 heavy (non-hydrogen) atoms. The Kier molecular flexibility index (Phi) is 4.80. The zero-order valence-corrected chi connectivity index (χ0v) is 15.6. The van der Waals surface area contributed by atoms with Gasteiger partial charge in [0.25, 0.3) is 5.91 Å². The summed E-state index contributed by atoms with van der Waals surface area (Å²) in [6.07, 6.45) is 5.82. The number of piperidine rings is 1. The van der Waals surface area contributed by atoms with Crippen LogP contribution in [-0.4, -0.2) is 57.9 Å². The van der Waals surface area contributed by atoms with Crippen LogP contribution >= 0.6 is 0 Å². The second kappa shape index (κ2) is 7.14. The second-order valence-electron chi connectivity index (χ2n) is 7.64. The van der Waals surface area contributed by atoms with Crippen molar-refractivity contribution in [2.45, 2.75) is 43.4 Å². The summed E-state index contributed by atoms with van der Waals surface area (Å²) in [5.74, 6) is -0.311. The SMILES string of the molecule is C[C@]1(NC(=O)c2ccoc2)CCOC2(CCN(c3ncc(F)cn3)CC2)[C@@H]1O. The van der Waals surface area contributed by atoms with Crippen LogP contribution in [0.4, 0.5) is 10.3 Å². The molecule has 2 aliphatic rings. The minimum Gasteiger partial charge on any atom is -0.472 e. The summed E-state index contributed by atoms with van der Waals surface area (Å²) in [4.78, 5) is 22.5. The van der Waals surface area contributed by atoms with Crippen molar-refractivity contribution in [3.8, 4) is 0 Å². The van der Waals surface area contributed by atoms with Gasteiger partial charge >= 0.3 is 0 Å². The molecule has 150 valence electrons. The lowest BCUT2D eigenvalue weighted by molar-refractivity contribution is -0.195. The molecule has 4 heterocycles. The largest absolute Gasteiger partial charge is 0.472 e. The van der Waals surface area contributed by atoms with Gasteiger partial charge in [-0.25, -0.2) is 14.4 Å². The molecular formula is C19H23FN4O4. The van der Waals surface area contributed by atoms with Gasteiger partial charge in [-0.3, -0.25) is 4.79 Å². The molecule has 4 rings (SSSR count). The summed E-state index contributed by atoms with van der Waals surface area (Å²) >= 11 is 0. The number of aliphatic hydroxyl groups is 1. The van der Waals surface area contributed by atoms with E-state index in [4.69, 9.17) is 9.15 Å². The van der Waals surface area contributed by atoms with Crippen molar-refractivity contribution in [1.82, 2.24) is 15.3 Å². The Morgan fingerprint density at radius 2 is 2.04 bits per heavy atom. The first-order chi connectivity index (χ1) is 13.4. The molecule has 9 heteroatoms. The highest BCUT2D eigenvalue weighted by Gasteiger charge is 2.54. The fourth-order valence-corrected chi connectivity index (χ4v) is 4.09. The number of aliphatic hydroxyl groups excluding tert-OH is 1. The van der Waals surface area contributed by atoms with Gasteiger partial charge in [0.15, 0.2) is 5.82 Å². The molecule has 8 nitrogen and oxygen atoms in total. The van der Waals surface area contributed by atoms with Gasteiger partial charge in [-0.15, -0.1) is 0 Å². The molecule has 2 aromatic heterocycles. The standard InChI is InChI=1S/C19H23FN4O4/c1-18(23-15(25)13-2-8-27-12-13)5-9-28-19(16(18)26)3-6-24(7-4-19)17-21-10-14(20)11-22-17/h2,8,10-12,16,26H,3-7,9H2,1H3,(H,23,25)/t16-,18+/m1/s1. The van der Waals surface area contributed by atoms with Gasteiger partial charge in [0.05, 0.1) is 35.4 Å². The van der Waals surface area contributed by atoms with E-state index in [1.165, 1.54) is 12.5 Å². The van der Waals surface area contributed by atoms with E-state index in [0.717, 1.165) is 12.4 Å². The van der Waals surface area contributed by atoms with Gasteiger partial charge in [0.1, 0.15) is 12.4 Å². The highest BCUT2D eigenvalue weighted by molar-refractivity contribution is 5.94. The van der Waals surface area contributed by atoms with Gasteiger partial charge in [-0.1, -0.05) is 0 Å². The summed E-state index contributed by atoms with van der Waals surface area (Å²) in [5.41, 5.74) is -1.16. The van der Waals surface area contributed by atoms with Gasteiger partial charge < -0.3 is 24.5 Å². The van der Waals surface area contributed by atoms with Gasteiger partial charge in [0.2, 0.25) is 5.95 Å². The summed E-state index contributed by atoms with van der Waals surface area (Å²) in [5, 5.41) is 14.1. The molecule has 0 saturated carbocycles. The highest BCUT2D eigenvalue weighted by Crippen LogP contribution is 2.40. The van der Waals surface area contributed by atoms with Crippen LogP contribution in [0.1, 0.15) is 36.5 Å². The smallest absolute Gasteiger partial charge is 0.255 e. The van der Waals surface area contributed by atoms with E-state index >= 15 is 0 Å². The van der Waals surface area contributed by atoms with Crippen molar-refractivity contribution in [3.63, 3.8) is 0 Å². The normalized spacial score (nSPS) is 27.0. The maximum Gasteiger partial charge on any atom is 0.255 e. The number of amides is 1. The molecule has 0 unspecified atom stereocenters. The van der Waals surface area contributed by atoms with E-state index in [1.807, 2.05) is 11.8 Å². The van der Waals surface area contributed by atoms with Crippen molar-refractivity contribution >= 4 is 11.9 Å². The molecular weight excluding hydrogens is 367 g/mol. The van der Waals surface area contributed by atoms with Gasteiger partial charge in [0, 0.05) is 19.7 Å². The Morgan fingerprint density at radius 3 is 2.68 bits per heavy atom. The Balaban J connectivity index is 1.46. The van der Waals surface area contributed by atoms with Crippen LogP contribution in [0.15, 0.2) is 35.4 Å². The number of carbonyl (C=O) groups excluding carboxylic acids is 1. The minimum absolute atomic E-state index is 0.288. The van der Waals surface area contributed by atoms with Gasteiger partial charge in [-0.05, 0) is 32.3 Å². The number of hydrogen-bond donors (Lipinski definition) is 2. The molecule has 1 spiro atoms. The van der Waals surface area contributed by atoms with Crippen LogP contribution in [-0.2, 0) is 4.74 Å². The maximum atomic E-state index is 13.0. The fraction of sp³-hybridized carbons (Fsp3) is 0.526. The first-order valence-electron chi connectivity index (χ1n) is 9.31. The van der Waals surface area contributed by atoms with E-state index in [9.17, 15) is 14.3 Å². The lowest BCUT2D eigenvalue weighted by Gasteiger charge is -2.53. The topological polar surface area (TPSA) is 101 Å². The molecule has 2 aliphatic heterocycles. The number of nitrogens with zero attached hydrogens (tertiary/aromatic N) is 3. The Morgan fingerprint density at radius 1 is 1.32 bits per heavy atom. The van der Waals surface area contributed by atoms with E-state index in [2.05, 4.69) is 15.3 Å². The minimum atomic E-state index is -0.874. The number of ether oxygens (including phenoxy) is 1. The molecule has 2 fully saturated rings. The van der Waals surface area contributed by atoms with Crippen LogP contribution < -0.4 is 10.2 Å². The number of aromatic nitrogens is 2. The highest BCUT2D eigenvalue weighted by atomic mass is 19.1. The third-order valence-corrected chi connectivity index (χ3v) is 5.79. The third-order valence-electron chi connectivity index (χ3n) is 5.79. The molecule has 1 amide bonds. The predicted molar refractivity (Wildman–Crippen MR) is 97.3 cm³/mol. The molecule has 0 radical (unpaired) electrons. The number of nitrogens with one attached hydrogen (secondary N) is 1. The number of furan rings is 1. The number of hydrogen-bond acceptors (Lipinski definition) is 7. The first-order valence-corrected chi connectivity index (χ1v) is 9.31. The maximum absolute atomic E-state index is 13.0. The van der Waals surface area contributed by atoms with Crippen molar-refractivity contribution in [2.24, 2.45) is 0 Å². The lowest BCUT2D eigenvalue weighted by Crippen LogP contribution is -2.69. The summed E-state index contributed by atoms with van der Waals surface area (Å²) < 4.78 is 24.1. The van der Waals surface area contributed by atoms with Crippen LogP contribution in [0.25, 0.3) is 0 Å². The van der Waals surface area contributed by atoms with E-state index < -0.39 is 23.1 Å². The van der Waals surface area contributed by atoms with Crippen LogP contribution in [0.5, 0.6) is 0 Å². The predicted octanol–water partition coefficient (Wildman–Crippen LogP) is 1.52. The number of carbonyl (C=O) groups is 1. The molecule has 0 bridgehead atoms. The molecule has 0 aromatic carbocycles. The lowest BCUT2D eigenvalue weighted by atomic mass is 9.73. The van der Waals surface area contributed by atoms with Crippen molar-refractivity contribution in [3.05, 3.63) is 42.4 Å². The van der Waals surface area contributed by atoms with Crippen LogP contribution in [0.2, 0.25) is 0 Å². The van der Waals surface area contributed by atoms with Crippen LogP contribution in [0.3, 0.4) is 0 Å². The number of anilines is 1. The van der Waals surface area contributed by atoms with Gasteiger partial charge in [-0.2, -0.15) is 0 Å². The fourth-order valence-electron chi connectivity index (χ4n) is 4.09. The Bertz CT molecular complexity index is 821. The summed E-state index contributed by atoms with van der Waals surface area (Å²) in [7, 11) is 0. The van der Waals surface area contributed by atoms with E-state index in [-0.39, 0.29) is 5.91 Å². The van der Waals surface area contributed by atoms with Crippen molar-refractivity contribution in [2.75, 3.05) is 24.6 Å². The molecule has 2 saturated heterocycles. The molecule has 2 aromatic rings. The first kappa shape index (κ1) is 18.8. The quantitative estimate of drug-likeness (QED) is 0.819. The van der Waals surface area contributed by atoms with Crippen molar-refractivity contribution < 1.29 is 23.4 Å². The van der Waals surface area contributed by atoms with E-state index in [1.54, 1.807) is 6.07 Å². The monoisotopic (exact) mass is 390 g/mol. The number of rotatable bonds is 3. The average Bonchev–Trinajstić information content (AvgIpc) is 3.23. The Labute approximate surface area is 161 Å². The second-order valence-corrected chi connectivity index (χ2v) is 7.64. The Hall–Kier alpha value is -2.52. The molecule has 0 aliphatic carbocycles. The zero-order chi connectivity index (χ0) is 19.8. The zero-order valence-electron chi connectivity index (χ0n) is 15.6. The summed E-state index contributed by atoms with van der Waals surface area (Å²) in [6.45, 7) is 3.41. The van der Waals surface area contributed by atoms with Crippen LogP contribution in [0, 0.1) is 5.82 Å². The van der Waals surface area contributed by atoms with E-state index in [0.29, 0.717) is 50.5 Å². The number of halogens is 1.